The fourth-order valence-electron chi connectivity index (χ4n) is 2.84. The van der Waals surface area contributed by atoms with Gasteiger partial charge in [0, 0.05) is 17.7 Å². The van der Waals surface area contributed by atoms with Crippen molar-refractivity contribution in [3.63, 3.8) is 0 Å². The number of hydrogen-bond acceptors (Lipinski definition) is 5. The summed E-state index contributed by atoms with van der Waals surface area (Å²) in [6, 6.07) is 15.3. The van der Waals surface area contributed by atoms with E-state index in [4.69, 9.17) is 9.26 Å². The molecule has 1 heterocycles. The normalized spacial score (nSPS) is 10.5. The predicted octanol–water partition coefficient (Wildman–Crippen LogP) is 3.81. The predicted molar refractivity (Wildman–Crippen MR) is 107 cm³/mol. The van der Waals surface area contributed by atoms with Gasteiger partial charge < -0.3 is 14.2 Å². The van der Waals surface area contributed by atoms with Crippen LogP contribution in [0, 0.1) is 6.92 Å². The van der Waals surface area contributed by atoms with Gasteiger partial charge in [0.05, 0.1) is 13.5 Å². The summed E-state index contributed by atoms with van der Waals surface area (Å²) in [5.41, 5.74) is 2.86. The van der Waals surface area contributed by atoms with Crippen molar-refractivity contribution in [2.24, 2.45) is 0 Å². The van der Waals surface area contributed by atoms with Crippen LogP contribution in [0.15, 0.2) is 65.7 Å². The van der Waals surface area contributed by atoms with E-state index in [1.54, 1.807) is 18.1 Å². The Morgan fingerprint density at radius 2 is 1.96 bits per heavy atom. The lowest BCUT2D eigenvalue weighted by molar-refractivity contribution is -0.130. The molecule has 1 aromatic heterocycles. The highest BCUT2D eigenvalue weighted by Gasteiger charge is 2.19. The third kappa shape index (κ3) is 4.65. The molecule has 0 saturated heterocycles. The highest BCUT2D eigenvalue weighted by atomic mass is 16.5. The quantitative estimate of drug-likeness (QED) is 0.559. The fourth-order valence-corrected chi connectivity index (χ4v) is 2.84. The Bertz CT molecular complexity index is 948. The summed E-state index contributed by atoms with van der Waals surface area (Å²) in [4.78, 5) is 18.9. The summed E-state index contributed by atoms with van der Waals surface area (Å²) in [6.45, 7) is 6.37. The minimum Gasteiger partial charge on any atom is -0.496 e. The number of aromatic nitrogens is 2. The first-order valence-corrected chi connectivity index (χ1v) is 9.01. The van der Waals surface area contributed by atoms with Crippen molar-refractivity contribution in [2.75, 3.05) is 13.7 Å². The second-order valence-corrected chi connectivity index (χ2v) is 6.43. The van der Waals surface area contributed by atoms with E-state index in [-0.39, 0.29) is 18.9 Å². The average Bonchev–Trinajstić information content (AvgIpc) is 3.17. The van der Waals surface area contributed by atoms with Gasteiger partial charge in [-0.25, -0.2) is 0 Å². The summed E-state index contributed by atoms with van der Waals surface area (Å²) in [7, 11) is 1.59. The van der Waals surface area contributed by atoms with Crippen molar-refractivity contribution >= 4 is 5.91 Å². The number of ether oxygens (including phenoxy) is 1. The number of nitrogens with zero attached hydrogens (tertiary/aromatic N) is 3. The molecule has 0 saturated carbocycles. The second-order valence-electron chi connectivity index (χ2n) is 6.43. The van der Waals surface area contributed by atoms with Crippen molar-refractivity contribution in [1.82, 2.24) is 15.0 Å². The zero-order valence-electron chi connectivity index (χ0n) is 16.1. The summed E-state index contributed by atoms with van der Waals surface area (Å²) in [5, 5.41) is 4.03. The number of benzene rings is 2. The zero-order valence-corrected chi connectivity index (χ0v) is 16.1. The Labute approximate surface area is 164 Å². The van der Waals surface area contributed by atoms with Crippen LogP contribution in [0.3, 0.4) is 0 Å². The lowest BCUT2D eigenvalue weighted by atomic mass is 10.1. The van der Waals surface area contributed by atoms with Gasteiger partial charge in [-0.05, 0) is 13.0 Å². The van der Waals surface area contributed by atoms with E-state index < -0.39 is 0 Å². The molecule has 0 unspecified atom stereocenters. The number of methoxy groups -OCH3 is 1. The van der Waals surface area contributed by atoms with E-state index in [1.807, 2.05) is 55.5 Å². The number of hydrogen-bond donors (Lipinski definition) is 0. The van der Waals surface area contributed by atoms with Crippen molar-refractivity contribution in [3.05, 3.63) is 78.2 Å². The van der Waals surface area contributed by atoms with Crippen LogP contribution < -0.4 is 4.74 Å². The van der Waals surface area contributed by atoms with E-state index in [1.165, 1.54) is 0 Å². The molecule has 0 aliphatic heterocycles. The summed E-state index contributed by atoms with van der Waals surface area (Å²) >= 11 is 0. The van der Waals surface area contributed by atoms with Crippen LogP contribution in [-0.4, -0.2) is 34.6 Å². The average molecular weight is 377 g/mol. The lowest BCUT2D eigenvalue weighted by Crippen LogP contribution is -2.32. The summed E-state index contributed by atoms with van der Waals surface area (Å²) < 4.78 is 10.7. The van der Waals surface area contributed by atoms with E-state index in [0.29, 0.717) is 24.0 Å². The highest BCUT2D eigenvalue weighted by molar-refractivity contribution is 5.79. The monoisotopic (exact) mass is 377 g/mol. The minimum atomic E-state index is -0.0699. The van der Waals surface area contributed by atoms with Gasteiger partial charge in [0.1, 0.15) is 12.3 Å². The molecular weight excluding hydrogens is 354 g/mol. The zero-order chi connectivity index (χ0) is 19.9. The third-order valence-electron chi connectivity index (χ3n) is 4.34. The molecule has 0 atom stereocenters. The van der Waals surface area contributed by atoms with Crippen LogP contribution in [0.25, 0.3) is 11.4 Å². The Morgan fingerprint density at radius 1 is 1.21 bits per heavy atom. The number of aryl methyl sites for hydroxylation is 1. The summed E-state index contributed by atoms with van der Waals surface area (Å²) in [6.07, 6.45) is 1.90. The number of carbonyl (C=O) groups is 1. The third-order valence-corrected chi connectivity index (χ3v) is 4.34. The molecule has 0 aliphatic rings. The molecule has 144 valence electrons. The first kappa shape index (κ1) is 19.4. The van der Waals surface area contributed by atoms with Gasteiger partial charge in [-0.15, -0.1) is 6.58 Å². The van der Waals surface area contributed by atoms with Gasteiger partial charge in [0.15, 0.2) is 0 Å². The van der Waals surface area contributed by atoms with Gasteiger partial charge in [-0.2, -0.15) is 4.98 Å². The maximum Gasteiger partial charge on any atom is 0.246 e. The molecule has 6 heteroatoms. The number of para-hydroxylation sites is 1. The highest BCUT2D eigenvalue weighted by Crippen LogP contribution is 2.20. The molecule has 3 rings (SSSR count). The van der Waals surface area contributed by atoms with Crippen LogP contribution in [0.4, 0.5) is 0 Å². The number of amides is 1. The van der Waals surface area contributed by atoms with Crippen molar-refractivity contribution < 1.29 is 14.1 Å². The molecule has 0 aliphatic carbocycles. The van der Waals surface area contributed by atoms with Gasteiger partial charge in [0.2, 0.25) is 17.6 Å². The standard InChI is InChI=1S/C22H23N3O3/c1-4-13-25(21(26)14-18-7-5-6-8-19(18)27-3)15-20-23-22(24-28-20)17-11-9-16(2)10-12-17/h4-12H,1,13-15H2,2-3H3. The first-order valence-electron chi connectivity index (χ1n) is 9.01. The van der Waals surface area contributed by atoms with Crippen LogP contribution in [0.1, 0.15) is 17.0 Å². The maximum absolute atomic E-state index is 12.8. The van der Waals surface area contributed by atoms with Crippen LogP contribution >= 0.6 is 0 Å². The van der Waals surface area contributed by atoms with Gasteiger partial charge in [0.25, 0.3) is 0 Å². The van der Waals surface area contributed by atoms with Crippen LogP contribution in [-0.2, 0) is 17.8 Å². The lowest BCUT2D eigenvalue weighted by Gasteiger charge is -2.19. The first-order chi connectivity index (χ1) is 13.6. The van der Waals surface area contributed by atoms with Crippen LogP contribution in [0.5, 0.6) is 5.75 Å². The summed E-state index contributed by atoms with van der Waals surface area (Å²) in [5.74, 6) is 1.50. The molecule has 0 fully saturated rings. The van der Waals surface area contributed by atoms with Crippen molar-refractivity contribution in [3.8, 4) is 17.1 Å². The largest absolute Gasteiger partial charge is 0.496 e. The van der Waals surface area contributed by atoms with Gasteiger partial charge >= 0.3 is 0 Å². The molecule has 0 radical (unpaired) electrons. The van der Waals surface area contributed by atoms with Crippen LogP contribution in [0.2, 0.25) is 0 Å². The van der Waals surface area contributed by atoms with Gasteiger partial charge in [-0.1, -0.05) is 59.3 Å². The van der Waals surface area contributed by atoms with E-state index >= 15 is 0 Å². The molecule has 3 aromatic rings. The van der Waals surface area contributed by atoms with Gasteiger partial charge in [-0.3, -0.25) is 4.79 Å². The topological polar surface area (TPSA) is 68.5 Å². The molecule has 2 aromatic carbocycles. The SMILES string of the molecule is C=CCN(Cc1nc(-c2ccc(C)cc2)no1)C(=O)Cc1ccccc1OC. The molecule has 0 N–H and O–H groups in total. The van der Waals surface area contributed by atoms with E-state index in [9.17, 15) is 4.79 Å². The Hall–Kier alpha value is -3.41. The number of rotatable bonds is 8. The second kappa shape index (κ2) is 8.99. The molecule has 6 nitrogen and oxygen atoms in total. The van der Waals surface area contributed by atoms with Crippen molar-refractivity contribution in [2.45, 2.75) is 19.9 Å². The van der Waals surface area contributed by atoms with E-state index in [0.717, 1.165) is 16.7 Å². The molecule has 28 heavy (non-hydrogen) atoms. The Morgan fingerprint density at radius 3 is 2.68 bits per heavy atom. The molecule has 1 amide bonds. The Kier molecular flexibility index (Phi) is 6.22. The number of carbonyl (C=O) groups excluding carboxylic acids is 1. The smallest absolute Gasteiger partial charge is 0.246 e. The van der Waals surface area contributed by atoms with Crippen molar-refractivity contribution in [1.29, 1.82) is 0 Å². The van der Waals surface area contributed by atoms with E-state index in [2.05, 4.69) is 16.7 Å². The fraction of sp³-hybridized carbons (Fsp3) is 0.227. The molecule has 0 bridgehead atoms. The maximum atomic E-state index is 12.8. The Balaban J connectivity index is 1.73. The molecular formula is C22H23N3O3. The minimum absolute atomic E-state index is 0.0699. The molecule has 0 spiro atoms.